The number of nitrogens with zero attached hydrogens (tertiary/aromatic N) is 2. The first-order valence-corrected chi connectivity index (χ1v) is 15.1. The van der Waals surface area contributed by atoms with Crippen LogP contribution in [-0.4, -0.2) is 50.0 Å². The largest absolute Gasteiger partial charge is 0.352 e. The van der Waals surface area contributed by atoms with Crippen molar-refractivity contribution in [2.75, 3.05) is 17.1 Å². The van der Waals surface area contributed by atoms with Crippen LogP contribution in [0.1, 0.15) is 62.1 Å². The number of carbonyl (C=O) groups is 2. The van der Waals surface area contributed by atoms with Crippen LogP contribution in [0.5, 0.6) is 0 Å². The molecule has 7 nitrogen and oxygen atoms in total. The number of hydrogen-bond donors (Lipinski definition) is 1. The SMILES string of the molecule is CCC(C(=O)NC1CCCCC1)N(Cc1ccc(C)cc1)C(=O)CN(c1cc(Cl)ccc1C)S(C)(=O)=O. The average Bonchev–Trinajstić information content (AvgIpc) is 2.85. The number of nitrogens with one attached hydrogen (secondary N) is 1. The van der Waals surface area contributed by atoms with E-state index in [0.717, 1.165) is 47.4 Å². The summed E-state index contributed by atoms with van der Waals surface area (Å²) in [5.41, 5.74) is 2.98. The van der Waals surface area contributed by atoms with E-state index in [-0.39, 0.29) is 18.5 Å². The van der Waals surface area contributed by atoms with Crippen LogP contribution >= 0.6 is 11.6 Å². The lowest BCUT2D eigenvalue weighted by atomic mass is 9.95. The Balaban J connectivity index is 1.93. The third-order valence-electron chi connectivity index (χ3n) is 6.93. The molecule has 0 radical (unpaired) electrons. The number of carbonyl (C=O) groups excluding carboxylic acids is 2. The maximum absolute atomic E-state index is 13.8. The van der Waals surface area contributed by atoms with E-state index in [0.29, 0.717) is 22.7 Å². The Morgan fingerprint density at radius 3 is 2.30 bits per heavy atom. The minimum Gasteiger partial charge on any atom is -0.352 e. The average molecular weight is 548 g/mol. The summed E-state index contributed by atoms with van der Waals surface area (Å²) in [4.78, 5) is 28.8. The second-order valence-electron chi connectivity index (χ2n) is 9.98. The molecule has 0 heterocycles. The second kappa shape index (κ2) is 12.8. The first-order valence-electron chi connectivity index (χ1n) is 12.9. The van der Waals surface area contributed by atoms with Gasteiger partial charge in [0.15, 0.2) is 0 Å². The van der Waals surface area contributed by atoms with Crippen molar-refractivity contribution in [3.8, 4) is 0 Å². The second-order valence-corrected chi connectivity index (χ2v) is 12.3. The molecule has 202 valence electrons. The summed E-state index contributed by atoms with van der Waals surface area (Å²) in [6, 6.07) is 12.1. The van der Waals surface area contributed by atoms with Gasteiger partial charge in [0, 0.05) is 17.6 Å². The Morgan fingerprint density at radius 2 is 1.70 bits per heavy atom. The molecule has 1 fully saturated rings. The van der Waals surface area contributed by atoms with E-state index in [1.54, 1.807) is 25.1 Å². The standard InChI is InChI=1S/C28H38ClN3O4S/c1-5-25(28(34)30-24-9-7-6-8-10-24)31(18-22-14-11-20(2)12-15-22)27(33)19-32(37(4,35)36)26-17-23(29)16-13-21(26)3/h11-17,24-25H,5-10,18-19H2,1-4H3,(H,30,34). The lowest BCUT2D eigenvalue weighted by molar-refractivity contribution is -0.140. The number of sulfonamides is 1. The maximum atomic E-state index is 13.8. The lowest BCUT2D eigenvalue weighted by Crippen LogP contribution is -2.54. The molecule has 37 heavy (non-hydrogen) atoms. The Morgan fingerprint density at radius 1 is 1.05 bits per heavy atom. The topological polar surface area (TPSA) is 86.8 Å². The quantitative estimate of drug-likeness (QED) is 0.454. The van der Waals surface area contributed by atoms with Crippen LogP contribution in [0.25, 0.3) is 0 Å². The fraction of sp³-hybridized carbons (Fsp3) is 0.500. The van der Waals surface area contributed by atoms with Gasteiger partial charge in [-0.3, -0.25) is 13.9 Å². The molecule has 1 N–H and O–H groups in total. The van der Waals surface area contributed by atoms with Gasteiger partial charge in [-0.25, -0.2) is 8.42 Å². The molecule has 0 spiro atoms. The van der Waals surface area contributed by atoms with E-state index in [2.05, 4.69) is 5.32 Å². The summed E-state index contributed by atoms with van der Waals surface area (Å²) in [6.45, 7) is 5.39. The van der Waals surface area contributed by atoms with E-state index >= 15 is 0 Å². The molecule has 1 saturated carbocycles. The van der Waals surface area contributed by atoms with Crippen LogP contribution < -0.4 is 9.62 Å². The van der Waals surface area contributed by atoms with Crippen molar-refractivity contribution in [1.29, 1.82) is 0 Å². The van der Waals surface area contributed by atoms with Gasteiger partial charge in [0.1, 0.15) is 12.6 Å². The highest BCUT2D eigenvalue weighted by Crippen LogP contribution is 2.27. The molecule has 0 bridgehead atoms. The van der Waals surface area contributed by atoms with E-state index in [1.807, 2.05) is 38.1 Å². The van der Waals surface area contributed by atoms with Crippen LogP contribution in [-0.2, 0) is 26.2 Å². The molecular weight excluding hydrogens is 510 g/mol. The van der Waals surface area contributed by atoms with Gasteiger partial charge in [-0.05, 0) is 56.4 Å². The van der Waals surface area contributed by atoms with Crippen LogP contribution in [0.4, 0.5) is 5.69 Å². The fourth-order valence-corrected chi connectivity index (χ4v) is 5.87. The fourth-order valence-electron chi connectivity index (χ4n) is 4.80. The molecule has 3 rings (SSSR count). The lowest BCUT2D eigenvalue weighted by Gasteiger charge is -2.34. The van der Waals surface area contributed by atoms with Crippen molar-refractivity contribution in [2.24, 2.45) is 0 Å². The summed E-state index contributed by atoms with van der Waals surface area (Å²) >= 11 is 6.17. The number of hydrogen-bond acceptors (Lipinski definition) is 4. The third kappa shape index (κ3) is 7.95. The first-order chi connectivity index (χ1) is 17.5. The Kier molecular flexibility index (Phi) is 10.0. The van der Waals surface area contributed by atoms with Crippen molar-refractivity contribution >= 4 is 39.1 Å². The predicted octanol–water partition coefficient (Wildman–Crippen LogP) is 4.98. The molecule has 2 aromatic rings. The van der Waals surface area contributed by atoms with Gasteiger partial charge in [-0.15, -0.1) is 0 Å². The van der Waals surface area contributed by atoms with Crippen molar-refractivity contribution in [3.05, 3.63) is 64.2 Å². The van der Waals surface area contributed by atoms with Crippen LogP contribution in [0.15, 0.2) is 42.5 Å². The van der Waals surface area contributed by atoms with E-state index in [1.165, 1.54) is 11.3 Å². The molecule has 2 aromatic carbocycles. The molecule has 0 aromatic heterocycles. The minimum absolute atomic E-state index is 0.105. The predicted molar refractivity (Wildman–Crippen MR) is 149 cm³/mol. The summed E-state index contributed by atoms with van der Waals surface area (Å²) in [7, 11) is -3.81. The maximum Gasteiger partial charge on any atom is 0.244 e. The summed E-state index contributed by atoms with van der Waals surface area (Å²) in [5.74, 6) is -0.643. The zero-order valence-corrected chi connectivity index (χ0v) is 23.7. The highest BCUT2D eigenvalue weighted by molar-refractivity contribution is 7.92. The smallest absolute Gasteiger partial charge is 0.244 e. The molecule has 2 amide bonds. The monoisotopic (exact) mass is 547 g/mol. The zero-order chi connectivity index (χ0) is 27.2. The molecule has 1 atom stereocenters. The van der Waals surface area contributed by atoms with Gasteiger partial charge in [0.05, 0.1) is 11.9 Å². The zero-order valence-electron chi connectivity index (χ0n) is 22.2. The van der Waals surface area contributed by atoms with E-state index in [9.17, 15) is 18.0 Å². The first kappa shape index (κ1) is 29.0. The van der Waals surface area contributed by atoms with Gasteiger partial charge >= 0.3 is 0 Å². The van der Waals surface area contributed by atoms with E-state index in [4.69, 9.17) is 11.6 Å². The van der Waals surface area contributed by atoms with Crippen molar-refractivity contribution < 1.29 is 18.0 Å². The van der Waals surface area contributed by atoms with Crippen LogP contribution in [0, 0.1) is 13.8 Å². The van der Waals surface area contributed by atoms with Gasteiger partial charge in [-0.1, -0.05) is 73.7 Å². The number of rotatable bonds is 10. The molecule has 1 unspecified atom stereocenters. The molecule has 0 aliphatic heterocycles. The minimum atomic E-state index is -3.81. The van der Waals surface area contributed by atoms with E-state index < -0.39 is 28.5 Å². The van der Waals surface area contributed by atoms with Crippen molar-refractivity contribution in [2.45, 2.75) is 77.9 Å². The van der Waals surface area contributed by atoms with Gasteiger partial charge in [0.25, 0.3) is 0 Å². The highest BCUT2D eigenvalue weighted by Gasteiger charge is 2.33. The van der Waals surface area contributed by atoms with Crippen LogP contribution in [0.2, 0.25) is 5.02 Å². The molecule has 0 saturated heterocycles. The summed E-state index contributed by atoms with van der Waals surface area (Å²) in [6.07, 6.45) is 6.68. The molecular formula is C28H38ClN3O4S. The van der Waals surface area contributed by atoms with Gasteiger partial charge < -0.3 is 10.2 Å². The third-order valence-corrected chi connectivity index (χ3v) is 8.29. The number of halogens is 1. The van der Waals surface area contributed by atoms with Crippen LogP contribution in [0.3, 0.4) is 0 Å². The normalized spacial score (nSPS) is 15.2. The number of benzene rings is 2. The van der Waals surface area contributed by atoms with Gasteiger partial charge in [-0.2, -0.15) is 0 Å². The molecule has 9 heteroatoms. The Hall–Kier alpha value is -2.58. The Bertz CT molecular complexity index is 1190. The molecule has 1 aliphatic rings. The number of amides is 2. The van der Waals surface area contributed by atoms with Crippen molar-refractivity contribution in [1.82, 2.24) is 10.2 Å². The van der Waals surface area contributed by atoms with Gasteiger partial charge in [0.2, 0.25) is 21.8 Å². The van der Waals surface area contributed by atoms with Crippen molar-refractivity contribution in [3.63, 3.8) is 0 Å². The number of aryl methyl sites for hydroxylation is 2. The Labute approximate surface area is 226 Å². The summed E-state index contributed by atoms with van der Waals surface area (Å²) < 4.78 is 26.7. The summed E-state index contributed by atoms with van der Waals surface area (Å²) in [5, 5.41) is 3.52. The number of anilines is 1. The highest BCUT2D eigenvalue weighted by atomic mass is 35.5. The molecule has 1 aliphatic carbocycles.